The molecular formula is C19H23N5O3S2. The first kappa shape index (κ1) is 20.0. The van der Waals surface area contributed by atoms with Gasteiger partial charge in [-0.25, -0.2) is 18.4 Å². The second kappa shape index (κ2) is 7.19. The van der Waals surface area contributed by atoms with Crippen molar-refractivity contribution >= 4 is 38.3 Å². The minimum atomic E-state index is -3.66. The number of aromatic nitrogens is 3. The van der Waals surface area contributed by atoms with Gasteiger partial charge in [-0.05, 0) is 12.1 Å². The highest BCUT2D eigenvalue weighted by Gasteiger charge is 2.33. The first-order valence-electron chi connectivity index (χ1n) is 9.36. The molecule has 1 aliphatic heterocycles. The zero-order valence-corrected chi connectivity index (χ0v) is 18.2. The summed E-state index contributed by atoms with van der Waals surface area (Å²) in [5.41, 5.74) is 0.434. The van der Waals surface area contributed by atoms with Crippen LogP contribution in [0, 0.1) is 0 Å². The lowest BCUT2D eigenvalue weighted by molar-refractivity contribution is 0.0702. The van der Waals surface area contributed by atoms with Crippen molar-refractivity contribution in [1.29, 1.82) is 0 Å². The summed E-state index contributed by atoms with van der Waals surface area (Å²) in [6.45, 7) is 7.39. The molecule has 0 atom stereocenters. The Bertz CT molecular complexity index is 1150. The van der Waals surface area contributed by atoms with E-state index in [0.717, 1.165) is 5.01 Å². The van der Waals surface area contributed by atoms with Crippen molar-refractivity contribution < 1.29 is 13.2 Å². The van der Waals surface area contributed by atoms with E-state index >= 15 is 0 Å². The van der Waals surface area contributed by atoms with Gasteiger partial charge in [-0.3, -0.25) is 4.79 Å². The topological polar surface area (TPSA) is 99.3 Å². The van der Waals surface area contributed by atoms with E-state index in [-0.39, 0.29) is 29.3 Å². The van der Waals surface area contributed by atoms with Crippen molar-refractivity contribution in [3.63, 3.8) is 0 Å². The third kappa shape index (κ3) is 3.67. The number of rotatable bonds is 3. The number of hydrogen-bond acceptors (Lipinski definition) is 6. The van der Waals surface area contributed by atoms with E-state index in [0.29, 0.717) is 29.0 Å². The van der Waals surface area contributed by atoms with Crippen LogP contribution in [0.25, 0.3) is 11.0 Å². The van der Waals surface area contributed by atoms with Gasteiger partial charge in [0.25, 0.3) is 5.91 Å². The monoisotopic (exact) mass is 433 g/mol. The van der Waals surface area contributed by atoms with Gasteiger partial charge in [0.05, 0.1) is 11.2 Å². The van der Waals surface area contributed by atoms with Crippen LogP contribution < -0.4 is 0 Å². The zero-order chi connectivity index (χ0) is 20.8. The number of H-pyrrole nitrogens is 1. The van der Waals surface area contributed by atoms with Crippen LogP contribution in [0.4, 0.5) is 0 Å². The molecule has 10 heteroatoms. The summed E-state index contributed by atoms with van der Waals surface area (Å²) >= 11 is 1.40. The molecule has 1 N–H and O–H groups in total. The summed E-state index contributed by atoms with van der Waals surface area (Å²) in [4.78, 5) is 26.8. The van der Waals surface area contributed by atoms with Gasteiger partial charge < -0.3 is 9.88 Å². The van der Waals surface area contributed by atoms with E-state index in [9.17, 15) is 13.2 Å². The fourth-order valence-corrected chi connectivity index (χ4v) is 5.80. The Morgan fingerprint density at radius 2 is 1.90 bits per heavy atom. The molecule has 1 aliphatic rings. The highest BCUT2D eigenvalue weighted by molar-refractivity contribution is 7.89. The molecule has 154 valence electrons. The second-order valence-electron chi connectivity index (χ2n) is 8.03. The van der Waals surface area contributed by atoms with Crippen molar-refractivity contribution in [1.82, 2.24) is 24.2 Å². The zero-order valence-electron chi connectivity index (χ0n) is 16.5. The molecule has 0 aliphatic carbocycles. The molecule has 8 nitrogen and oxygen atoms in total. The maximum atomic E-state index is 13.1. The van der Waals surface area contributed by atoms with E-state index in [1.807, 2.05) is 0 Å². The predicted molar refractivity (Wildman–Crippen MR) is 112 cm³/mol. The van der Waals surface area contributed by atoms with E-state index < -0.39 is 10.0 Å². The maximum absolute atomic E-state index is 13.1. The Hall–Kier alpha value is -2.30. The fraction of sp³-hybridized carbons (Fsp3) is 0.421. The minimum absolute atomic E-state index is 0.0913. The maximum Gasteiger partial charge on any atom is 0.265 e. The second-order valence-corrected chi connectivity index (χ2v) is 11.0. The summed E-state index contributed by atoms with van der Waals surface area (Å²) in [5.74, 6) is -0.0913. The van der Waals surface area contributed by atoms with Crippen molar-refractivity contribution in [3.8, 4) is 0 Å². The first-order valence-corrected chi connectivity index (χ1v) is 11.6. The average Bonchev–Trinajstić information content (AvgIpc) is 3.35. The summed E-state index contributed by atoms with van der Waals surface area (Å²) in [6, 6.07) is 3.45. The van der Waals surface area contributed by atoms with Crippen LogP contribution in [0.3, 0.4) is 0 Å². The Morgan fingerprint density at radius 3 is 2.55 bits per heavy atom. The van der Waals surface area contributed by atoms with Crippen LogP contribution in [-0.2, 0) is 15.4 Å². The molecule has 29 heavy (non-hydrogen) atoms. The van der Waals surface area contributed by atoms with Gasteiger partial charge in [0.15, 0.2) is 0 Å². The van der Waals surface area contributed by atoms with Crippen molar-refractivity contribution in [2.75, 3.05) is 26.2 Å². The molecular weight excluding hydrogens is 410 g/mol. The van der Waals surface area contributed by atoms with Gasteiger partial charge in [-0.2, -0.15) is 4.31 Å². The van der Waals surface area contributed by atoms with E-state index in [1.165, 1.54) is 21.8 Å². The van der Waals surface area contributed by atoms with Crippen LogP contribution in [0.5, 0.6) is 0 Å². The SMILES string of the molecule is CC(C)(C)c1ncc(C(=O)N2CCN(S(=O)(=O)c3c[nH]c4ncccc34)CC2)s1. The number of pyridine rings is 1. The molecule has 1 saturated heterocycles. The predicted octanol–water partition coefficient (Wildman–Crippen LogP) is 2.46. The molecule has 4 heterocycles. The van der Waals surface area contributed by atoms with E-state index in [1.54, 1.807) is 29.4 Å². The normalized spacial score (nSPS) is 16.4. The van der Waals surface area contributed by atoms with Gasteiger partial charge in [0.2, 0.25) is 10.0 Å². The summed E-state index contributed by atoms with van der Waals surface area (Å²) in [6.07, 6.45) is 4.72. The molecule has 0 spiro atoms. The summed E-state index contributed by atoms with van der Waals surface area (Å²) < 4.78 is 27.6. The number of piperazine rings is 1. The highest BCUT2D eigenvalue weighted by atomic mass is 32.2. The number of carbonyl (C=O) groups is 1. The number of hydrogen-bond donors (Lipinski definition) is 1. The van der Waals surface area contributed by atoms with Crippen molar-refractivity contribution in [2.45, 2.75) is 31.1 Å². The fourth-order valence-electron chi connectivity index (χ4n) is 3.29. The number of fused-ring (bicyclic) bond motifs is 1. The molecule has 1 amide bonds. The highest BCUT2D eigenvalue weighted by Crippen LogP contribution is 2.28. The van der Waals surface area contributed by atoms with Gasteiger partial charge >= 0.3 is 0 Å². The molecule has 1 fully saturated rings. The van der Waals surface area contributed by atoms with E-state index in [2.05, 4.69) is 35.7 Å². The lowest BCUT2D eigenvalue weighted by atomic mass is 9.98. The molecule has 0 bridgehead atoms. The van der Waals surface area contributed by atoms with Crippen LogP contribution in [-0.4, -0.2) is 64.7 Å². The molecule has 3 aromatic rings. The number of nitrogens with one attached hydrogen (secondary N) is 1. The van der Waals surface area contributed by atoms with Crippen LogP contribution in [0.15, 0.2) is 35.6 Å². The molecule has 0 unspecified atom stereocenters. The number of amides is 1. The van der Waals surface area contributed by atoms with E-state index in [4.69, 9.17) is 0 Å². The Balaban J connectivity index is 1.48. The number of sulfonamides is 1. The van der Waals surface area contributed by atoms with Crippen molar-refractivity contribution in [2.24, 2.45) is 0 Å². The molecule has 0 radical (unpaired) electrons. The van der Waals surface area contributed by atoms with Gasteiger partial charge in [0.1, 0.15) is 15.4 Å². The lowest BCUT2D eigenvalue weighted by Gasteiger charge is -2.33. The van der Waals surface area contributed by atoms with Gasteiger partial charge in [-0.15, -0.1) is 11.3 Å². The van der Waals surface area contributed by atoms with Crippen LogP contribution in [0.2, 0.25) is 0 Å². The van der Waals surface area contributed by atoms with Crippen LogP contribution >= 0.6 is 11.3 Å². The third-order valence-electron chi connectivity index (χ3n) is 4.91. The van der Waals surface area contributed by atoms with Crippen LogP contribution in [0.1, 0.15) is 35.5 Å². The Labute approximate surface area is 173 Å². The number of nitrogens with zero attached hydrogens (tertiary/aromatic N) is 4. The smallest absolute Gasteiger partial charge is 0.265 e. The minimum Gasteiger partial charge on any atom is -0.345 e. The number of aromatic amines is 1. The molecule has 0 saturated carbocycles. The largest absolute Gasteiger partial charge is 0.345 e. The number of thiazole rings is 1. The van der Waals surface area contributed by atoms with Crippen molar-refractivity contribution in [3.05, 3.63) is 40.6 Å². The Morgan fingerprint density at radius 1 is 1.17 bits per heavy atom. The summed E-state index contributed by atoms with van der Waals surface area (Å²) in [7, 11) is -3.66. The molecule has 0 aromatic carbocycles. The molecule has 4 rings (SSSR count). The lowest BCUT2D eigenvalue weighted by Crippen LogP contribution is -2.50. The standard InChI is InChI=1S/C19H23N5O3S2/c1-19(2,3)18-22-11-14(28-18)17(25)23-7-9-24(10-8-23)29(26,27)15-12-21-16-13(15)5-4-6-20-16/h4-6,11-12H,7-10H2,1-3H3,(H,20,21). The first-order chi connectivity index (χ1) is 13.7. The molecule has 3 aromatic heterocycles. The average molecular weight is 434 g/mol. The third-order valence-corrected chi connectivity index (χ3v) is 8.26. The summed E-state index contributed by atoms with van der Waals surface area (Å²) in [5, 5.41) is 1.49. The number of carbonyl (C=O) groups excluding carboxylic acids is 1. The Kier molecular flexibility index (Phi) is 4.96. The van der Waals surface area contributed by atoms with Gasteiger partial charge in [0, 0.05) is 49.4 Å². The quantitative estimate of drug-likeness (QED) is 0.684. The van der Waals surface area contributed by atoms with Gasteiger partial charge in [-0.1, -0.05) is 20.8 Å².